The highest BCUT2D eigenvalue weighted by molar-refractivity contribution is 5.57. The van der Waals surface area contributed by atoms with Gasteiger partial charge in [0.1, 0.15) is 0 Å². The normalized spacial score (nSPS) is 49.9. The van der Waals surface area contributed by atoms with E-state index in [-0.39, 0.29) is 34.3 Å². The van der Waals surface area contributed by atoms with Crippen LogP contribution in [-0.2, 0) is 0 Å². The van der Waals surface area contributed by atoms with Gasteiger partial charge in [0.15, 0.2) is 0 Å². The summed E-state index contributed by atoms with van der Waals surface area (Å²) in [5.74, 6) is 2.59. The van der Waals surface area contributed by atoms with Crippen molar-refractivity contribution in [3.63, 3.8) is 0 Å². The molecule has 1 aromatic heterocycles. The van der Waals surface area contributed by atoms with Crippen molar-refractivity contribution >= 4 is 0 Å². The molecule has 9 rings (SSSR count). The summed E-state index contributed by atoms with van der Waals surface area (Å²) in [7, 11) is 0. The average molecular weight is 329 g/mol. The van der Waals surface area contributed by atoms with Crippen molar-refractivity contribution in [3.05, 3.63) is 75.6 Å². The molecule has 2 aliphatic heterocycles. The number of hydrogen-bond donors (Lipinski definition) is 0. The molecule has 5 heteroatoms. The van der Waals surface area contributed by atoms with E-state index in [2.05, 4.69) is 24.3 Å². The summed E-state index contributed by atoms with van der Waals surface area (Å²) < 4.78 is 5.06. The number of aromatic nitrogens is 3. The van der Waals surface area contributed by atoms with E-state index in [0.717, 1.165) is 5.92 Å². The SMILES string of the molecule is O=c1n(-c2ccccc2)c(=O)n2n1[C@@H]1[C@H]3C4C5[C@@]16C=CC=C[C@]56[C@H]2[C@@H]43. The van der Waals surface area contributed by atoms with Crippen LogP contribution in [0.15, 0.2) is 64.2 Å². The largest absolute Gasteiger partial charge is 0.352 e. The summed E-state index contributed by atoms with van der Waals surface area (Å²) >= 11 is 0. The van der Waals surface area contributed by atoms with E-state index in [1.807, 2.05) is 39.7 Å². The Morgan fingerprint density at radius 3 is 1.88 bits per heavy atom. The number of rotatable bonds is 1. The van der Waals surface area contributed by atoms with Crippen molar-refractivity contribution in [2.24, 2.45) is 34.5 Å². The first-order valence-corrected chi connectivity index (χ1v) is 9.14. The molecule has 2 aromatic rings. The van der Waals surface area contributed by atoms with Gasteiger partial charge in [-0.15, -0.1) is 0 Å². The Bertz CT molecular complexity index is 1130. The molecule has 1 aromatic carbocycles. The lowest BCUT2D eigenvalue weighted by Gasteiger charge is -2.47. The molecule has 0 N–H and O–H groups in total. The van der Waals surface area contributed by atoms with Crippen LogP contribution in [0.2, 0.25) is 0 Å². The van der Waals surface area contributed by atoms with Crippen LogP contribution in [0, 0.1) is 34.5 Å². The summed E-state index contributed by atoms with van der Waals surface area (Å²) in [6.07, 6.45) is 9.02. The third-order valence-corrected chi connectivity index (χ3v) is 8.38. The van der Waals surface area contributed by atoms with Gasteiger partial charge in [0.05, 0.1) is 17.8 Å². The Morgan fingerprint density at radius 1 is 0.760 bits per heavy atom. The molecule has 5 aliphatic carbocycles. The summed E-state index contributed by atoms with van der Waals surface area (Å²) in [6, 6.07) is 9.67. The van der Waals surface area contributed by atoms with E-state index in [1.165, 1.54) is 4.57 Å². The molecule has 5 nitrogen and oxygen atoms in total. The van der Waals surface area contributed by atoms with Crippen LogP contribution < -0.4 is 11.4 Å². The Hall–Kier alpha value is -2.56. The van der Waals surface area contributed by atoms with E-state index in [4.69, 9.17) is 0 Å². The fourth-order valence-corrected chi connectivity index (χ4v) is 8.05. The van der Waals surface area contributed by atoms with Crippen molar-refractivity contribution in [1.82, 2.24) is 13.9 Å². The van der Waals surface area contributed by atoms with Crippen molar-refractivity contribution in [1.29, 1.82) is 0 Å². The minimum Gasteiger partial charge on any atom is -0.245 e. The van der Waals surface area contributed by atoms with Crippen LogP contribution in [0.1, 0.15) is 12.1 Å². The highest BCUT2D eigenvalue weighted by atomic mass is 16.2. The van der Waals surface area contributed by atoms with Crippen molar-refractivity contribution in [3.8, 4) is 5.69 Å². The molecule has 8 atom stereocenters. The van der Waals surface area contributed by atoms with Gasteiger partial charge in [0.25, 0.3) is 0 Å². The molecule has 3 heterocycles. The lowest BCUT2D eigenvalue weighted by atomic mass is 9.69. The smallest absolute Gasteiger partial charge is 0.245 e. The van der Waals surface area contributed by atoms with Crippen LogP contribution in [0.5, 0.6) is 0 Å². The van der Waals surface area contributed by atoms with Gasteiger partial charge < -0.3 is 0 Å². The van der Waals surface area contributed by atoms with Crippen molar-refractivity contribution in [2.45, 2.75) is 12.1 Å². The highest BCUT2D eigenvalue weighted by Crippen LogP contribution is 3.03. The minimum atomic E-state index is -0.159. The highest BCUT2D eigenvalue weighted by Gasteiger charge is 3.02. The minimum absolute atomic E-state index is 0.107. The van der Waals surface area contributed by atoms with Crippen molar-refractivity contribution < 1.29 is 0 Å². The van der Waals surface area contributed by atoms with E-state index < -0.39 is 0 Å². The van der Waals surface area contributed by atoms with Gasteiger partial charge in [-0.2, -0.15) is 0 Å². The van der Waals surface area contributed by atoms with Gasteiger partial charge >= 0.3 is 11.4 Å². The average Bonchev–Trinajstić information content (AvgIpc) is 3.41. The van der Waals surface area contributed by atoms with E-state index in [1.54, 1.807) is 0 Å². The van der Waals surface area contributed by atoms with Crippen LogP contribution in [-0.4, -0.2) is 13.9 Å². The number of hydrogen-bond acceptors (Lipinski definition) is 2. The first kappa shape index (κ1) is 11.9. The van der Waals surface area contributed by atoms with Crippen LogP contribution >= 0.6 is 0 Å². The summed E-state index contributed by atoms with van der Waals surface area (Å²) in [5, 5.41) is 0. The van der Waals surface area contributed by atoms with Gasteiger partial charge in [-0.1, -0.05) is 42.5 Å². The first-order valence-electron chi connectivity index (χ1n) is 9.14. The molecule has 4 fully saturated rings. The zero-order valence-corrected chi connectivity index (χ0v) is 13.3. The zero-order chi connectivity index (χ0) is 16.3. The number of benzene rings is 1. The van der Waals surface area contributed by atoms with Crippen LogP contribution in [0.25, 0.3) is 5.69 Å². The number of allylic oxidation sites excluding steroid dienone is 4. The predicted molar refractivity (Wildman–Crippen MR) is 89.5 cm³/mol. The summed E-state index contributed by atoms with van der Waals surface area (Å²) in [5.41, 5.74) is 0.568. The second kappa shape index (κ2) is 3.02. The molecule has 0 radical (unpaired) electrons. The standard InChI is InChI=1S/C20H15N3O2/c24-17-21(10-6-2-1-3-7-10)18(25)23-16-13-11-12(13)15(22(17)23)19-8-4-5-9-20(16,19)14(11)19/h1-9,11-16H/t11?,12-,13-,14?,15+,16+,19-,20+/m0/s1. The molecular weight excluding hydrogens is 314 g/mol. The van der Waals surface area contributed by atoms with Crippen LogP contribution in [0.3, 0.4) is 0 Å². The summed E-state index contributed by atoms with van der Waals surface area (Å²) in [6.45, 7) is 0. The molecule has 0 saturated heterocycles. The molecule has 7 aliphatic rings. The van der Waals surface area contributed by atoms with E-state index in [9.17, 15) is 9.59 Å². The van der Waals surface area contributed by atoms with E-state index >= 15 is 0 Å². The Kier molecular flexibility index (Phi) is 1.44. The fraction of sp³-hybridized carbons (Fsp3) is 0.400. The van der Waals surface area contributed by atoms with E-state index in [0.29, 0.717) is 23.4 Å². The van der Waals surface area contributed by atoms with Gasteiger partial charge in [-0.3, -0.25) is 0 Å². The monoisotopic (exact) mass is 329 g/mol. The van der Waals surface area contributed by atoms with Gasteiger partial charge in [0, 0.05) is 10.8 Å². The van der Waals surface area contributed by atoms with Gasteiger partial charge in [0.2, 0.25) is 0 Å². The third-order valence-electron chi connectivity index (χ3n) is 8.38. The quantitative estimate of drug-likeness (QED) is 0.796. The second-order valence-electron chi connectivity index (χ2n) is 8.61. The van der Waals surface area contributed by atoms with Crippen LogP contribution in [0.4, 0.5) is 0 Å². The molecule has 25 heavy (non-hydrogen) atoms. The Labute approximate surface area is 142 Å². The number of nitrogens with zero attached hydrogens (tertiary/aromatic N) is 3. The molecule has 4 saturated carbocycles. The maximum atomic E-state index is 13.3. The van der Waals surface area contributed by atoms with Gasteiger partial charge in [-0.05, 0) is 35.8 Å². The maximum Gasteiger partial charge on any atom is 0.352 e. The molecular formula is C20H15N3O2. The Morgan fingerprint density at radius 2 is 1.32 bits per heavy atom. The lowest BCUT2D eigenvalue weighted by Crippen LogP contribution is -2.52. The molecule has 2 unspecified atom stereocenters. The second-order valence-corrected chi connectivity index (χ2v) is 8.61. The number of para-hydroxylation sites is 1. The topological polar surface area (TPSA) is 48.9 Å². The molecule has 122 valence electrons. The molecule has 0 amide bonds. The molecule has 2 spiro atoms. The zero-order valence-electron chi connectivity index (χ0n) is 13.3. The Balaban J connectivity index is 1.50. The maximum absolute atomic E-state index is 13.3. The fourth-order valence-electron chi connectivity index (χ4n) is 8.05. The van der Waals surface area contributed by atoms with Gasteiger partial charge in [-0.25, -0.2) is 23.5 Å². The lowest BCUT2D eigenvalue weighted by molar-refractivity contribution is 0.0445. The first-order chi connectivity index (χ1) is 12.2. The molecule has 2 bridgehead atoms. The van der Waals surface area contributed by atoms with Crippen molar-refractivity contribution in [2.75, 3.05) is 0 Å². The summed E-state index contributed by atoms with van der Waals surface area (Å²) in [4.78, 5) is 26.6. The third kappa shape index (κ3) is 0.819. The predicted octanol–water partition coefficient (Wildman–Crippen LogP) is 1.51.